The maximum absolute atomic E-state index is 4.40. The molecule has 80 valence electrons. The van der Waals surface area contributed by atoms with Gasteiger partial charge in [0.1, 0.15) is 10.8 Å². The summed E-state index contributed by atoms with van der Waals surface area (Å²) < 4.78 is 1.73. The van der Waals surface area contributed by atoms with Crippen LogP contribution in [-0.4, -0.2) is 19.6 Å². The predicted octanol–water partition coefficient (Wildman–Crippen LogP) is 1.80. The summed E-state index contributed by atoms with van der Waals surface area (Å²) in [5.41, 5.74) is 0.837. The van der Waals surface area contributed by atoms with Gasteiger partial charge in [0, 0.05) is 23.8 Å². The van der Waals surface area contributed by atoms with E-state index in [-0.39, 0.29) is 0 Å². The highest BCUT2D eigenvalue weighted by Crippen LogP contribution is 2.09. The lowest BCUT2D eigenvalue weighted by Gasteiger charge is -2.03. The van der Waals surface area contributed by atoms with E-state index in [0.29, 0.717) is 6.54 Å². The molecular formula is C10H9N5S. The summed E-state index contributed by atoms with van der Waals surface area (Å²) >= 11 is 1.63. The molecule has 5 nitrogen and oxygen atoms in total. The van der Waals surface area contributed by atoms with Gasteiger partial charge in [-0.2, -0.15) is 5.10 Å². The third-order valence-corrected chi connectivity index (χ3v) is 2.94. The molecule has 0 spiro atoms. The summed E-state index contributed by atoms with van der Waals surface area (Å²) in [6.45, 7) is 0.703. The van der Waals surface area contributed by atoms with E-state index in [1.807, 2.05) is 23.7 Å². The van der Waals surface area contributed by atoms with Gasteiger partial charge in [0.25, 0.3) is 0 Å². The van der Waals surface area contributed by atoms with Gasteiger partial charge < -0.3 is 5.32 Å². The number of hydrogen-bond donors (Lipinski definition) is 1. The van der Waals surface area contributed by atoms with Crippen LogP contribution in [0.25, 0.3) is 5.65 Å². The molecule has 0 aliphatic rings. The molecule has 0 aliphatic heterocycles. The van der Waals surface area contributed by atoms with Gasteiger partial charge in [-0.3, -0.25) is 0 Å². The zero-order chi connectivity index (χ0) is 10.8. The van der Waals surface area contributed by atoms with Gasteiger partial charge in [-0.05, 0) is 6.07 Å². The van der Waals surface area contributed by atoms with Crippen molar-refractivity contribution >= 4 is 22.8 Å². The van der Waals surface area contributed by atoms with Crippen molar-refractivity contribution in [3.05, 3.63) is 41.1 Å². The number of anilines is 1. The lowest BCUT2D eigenvalue weighted by atomic mass is 10.5. The lowest BCUT2D eigenvalue weighted by molar-refractivity contribution is 0.936. The Kier molecular flexibility index (Phi) is 2.26. The normalized spacial score (nSPS) is 10.8. The van der Waals surface area contributed by atoms with Crippen molar-refractivity contribution < 1.29 is 0 Å². The van der Waals surface area contributed by atoms with E-state index in [1.165, 1.54) is 0 Å². The van der Waals surface area contributed by atoms with Crippen LogP contribution < -0.4 is 5.32 Å². The van der Waals surface area contributed by atoms with Crippen LogP contribution in [0, 0.1) is 0 Å². The van der Waals surface area contributed by atoms with Crippen molar-refractivity contribution in [2.24, 2.45) is 0 Å². The maximum atomic E-state index is 4.40. The van der Waals surface area contributed by atoms with E-state index >= 15 is 0 Å². The van der Waals surface area contributed by atoms with E-state index in [9.17, 15) is 0 Å². The molecule has 3 aromatic rings. The van der Waals surface area contributed by atoms with Crippen LogP contribution in [0.4, 0.5) is 5.82 Å². The Labute approximate surface area is 95.8 Å². The average Bonchev–Trinajstić information content (AvgIpc) is 2.97. The van der Waals surface area contributed by atoms with E-state index in [2.05, 4.69) is 20.4 Å². The number of fused-ring (bicyclic) bond motifs is 1. The molecule has 0 bridgehead atoms. The summed E-state index contributed by atoms with van der Waals surface area (Å²) in [7, 11) is 0. The molecule has 3 heterocycles. The van der Waals surface area contributed by atoms with Crippen LogP contribution in [0.1, 0.15) is 5.01 Å². The molecule has 3 aromatic heterocycles. The summed E-state index contributed by atoms with van der Waals surface area (Å²) in [6.07, 6.45) is 5.41. The van der Waals surface area contributed by atoms with Gasteiger partial charge in [0.2, 0.25) is 0 Å². The van der Waals surface area contributed by atoms with Crippen molar-refractivity contribution in [3.63, 3.8) is 0 Å². The van der Waals surface area contributed by atoms with Crippen LogP contribution in [0.2, 0.25) is 0 Å². The molecule has 0 aliphatic carbocycles. The Bertz CT molecular complexity index is 586. The first-order valence-corrected chi connectivity index (χ1v) is 5.72. The smallest absolute Gasteiger partial charge is 0.157 e. The maximum Gasteiger partial charge on any atom is 0.157 e. The minimum absolute atomic E-state index is 0.703. The SMILES string of the molecule is c1csc(CNc2ccn3nccc3n2)n1. The summed E-state index contributed by atoms with van der Waals surface area (Å²) in [6, 6.07) is 3.77. The molecule has 0 fully saturated rings. The second-order valence-electron chi connectivity index (χ2n) is 3.23. The molecule has 0 radical (unpaired) electrons. The van der Waals surface area contributed by atoms with E-state index in [4.69, 9.17) is 0 Å². The lowest BCUT2D eigenvalue weighted by Crippen LogP contribution is -2.02. The molecule has 0 atom stereocenters. The third-order valence-electron chi connectivity index (χ3n) is 2.16. The van der Waals surface area contributed by atoms with Gasteiger partial charge >= 0.3 is 0 Å². The molecule has 6 heteroatoms. The van der Waals surface area contributed by atoms with E-state index < -0.39 is 0 Å². The molecule has 16 heavy (non-hydrogen) atoms. The number of nitrogens with zero attached hydrogens (tertiary/aromatic N) is 4. The highest BCUT2D eigenvalue weighted by molar-refractivity contribution is 7.09. The quantitative estimate of drug-likeness (QED) is 0.746. The van der Waals surface area contributed by atoms with Crippen molar-refractivity contribution in [2.75, 3.05) is 5.32 Å². The van der Waals surface area contributed by atoms with Crippen LogP contribution in [-0.2, 0) is 6.54 Å². The van der Waals surface area contributed by atoms with Crippen LogP contribution in [0.5, 0.6) is 0 Å². The molecule has 0 saturated carbocycles. The zero-order valence-corrected chi connectivity index (χ0v) is 9.18. The third kappa shape index (κ3) is 1.74. The topological polar surface area (TPSA) is 55.1 Å². The van der Waals surface area contributed by atoms with Crippen molar-refractivity contribution in [1.82, 2.24) is 19.6 Å². The Morgan fingerprint density at radius 2 is 2.31 bits per heavy atom. The zero-order valence-electron chi connectivity index (χ0n) is 8.37. The van der Waals surface area contributed by atoms with E-state index in [1.54, 1.807) is 28.2 Å². The standard InChI is InChI=1S/C10H9N5S/c1-3-13-15-5-2-8(14-9(1)15)12-7-10-11-4-6-16-10/h1-6H,7H2,(H,12,14). The molecule has 0 saturated heterocycles. The Morgan fingerprint density at radius 1 is 1.31 bits per heavy atom. The van der Waals surface area contributed by atoms with Gasteiger partial charge in [-0.25, -0.2) is 14.5 Å². The number of rotatable bonds is 3. The molecule has 3 rings (SSSR count). The van der Waals surface area contributed by atoms with Gasteiger partial charge in [-0.1, -0.05) is 0 Å². The minimum Gasteiger partial charge on any atom is -0.363 e. The van der Waals surface area contributed by atoms with Crippen LogP contribution in [0.15, 0.2) is 36.1 Å². The fraction of sp³-hybridized carbons (Fsp3) is 0.100. The minimum atomic E-state index is 0.703. The van der Waals surface area contributed by atoms with Crippen LogP contribution in [0.3, 0.4) is 0 Å². The van der Waals surface area contributed by atoms with Crippen molar-refractivity contribution in [2.45, 2.75) is 6.54 Å². The first-order chi connectivity index (χ1) is 7.92. The van der Waals surface area contributed by atoms with Gasteiger partial charge in [0.15, 0.2) is 5.65 Å². The second-order valence-corrected chi connectivity index (χ2v) is 4.21. The second kappa shape index (κ2) is 3.90. The fourth-order valence-electron chi connectivity index (χ4n) is 1.42. The van der Waals surface area contributed by atoms with Crippen molar-refractivity contribution in [3.8, 4) is 0 Å². The molecule has 0 aromatic carbocycles. The average molecular weight is 231 g/mol. The number of thiazole rings is 1. The highest BCUT2D eigenvalue weighted by atomic mass is 32.1. The predicted molar refractivity (Wildman–Crippen MR) is 62.4 cm³/mol. The molecule has 1 N–H and O–H groups in total. The summed E-state index contributed by atoms with van der Waals surface area (Å²) in [4.78, 5) is 8.60. The first kappa shape index (κ1) is 9.29. The monoisotopic (exact) mass is 231 g/mol. The Morgan fingerprint density at radius 3 is 3.19 bits per heavy atom. The molecule has 0 amide bonds. The first-order valence-electron chi connectivity index (χ1n) is 4.84. The van der Waals surface area contributed by atoms with Gasteiger partial charge in [0.05, 0.1) is 12.7 Å². The molecular weight excluding hydrogens is 222 g/mol. The number of hydrogen-bond acceptors (Lipinski definition) is 5. The number of aromatic nitrogens is 4. The molecule has 0 unspecified atom stereocenters. The largest absolute Gasteiger partial charge is 0.363 e. The van der Waals surface area contributed by atoms with Crippen molar-refractivity contribution in [1.29, 1.82) is 0 Å². The summed E-state index contributed by atoms with van der Waals surface area (Å²) in [5.74, 6) is 0.836. The Balaban J connectivity index is 1.78. The highest BCUT2D eigenvalue weighted by Gasteiger charge is 1.99. The van der Waals surface area contributed by atoms with Gasteiger partial charge in [-0.15, -0.1) is 11.3 Å². The van der Waals surface area contributed by atoms with E-state index in [0.717, 1.165) is 16.5 Å². The Hall–Kier alpha value is -1.95. The number of nitrogens with one attached hydrogen (secondary N) is 1. The summed E-state index contributed by atoms with van der Waals surface area (Å²) in [5, 5.41) is 10.3. The fourth-order valence-corrected chi connectivity index (χ4v) is 1.97. The van der Waals surface area contributed by atoms with Crippen LogP contribution >= 0.6 is 11.3 Å².